The van der Waals surface area contributed by atoms with Gasteiger partial charge in [-0.2, -0.15) is 0 Å². The Kier molecular flexibility index (Phi) is 8.99. The summed E-state index contributed by atoms with van der Waals surface area (Å²) in [5, 5.41) is 0. The molecule has 1 aromatic rings. The molecule has 1 saturated heterocycles. The number of esters is 1. The van der Waals surface area contributed by atoms with Crippen molar-refractivity contribution in [2.75, 3.05) is 13.1 Å². The average molecular weight is 574 g/mol. The van der Waals surface area contributed by atoms with Gasteiger partial charge in [0.1, 0.15) is 6.10 Å². The Morgan fingerprint density at radius 2 is 1.69 bits per heavy atom. The number of hydrogen-bond donors (Lipinski definition) is 0. The summed E-state index contributed by atoms with van der Waals surface area (Å²) >= 11 is 0. The third-order valence-electron chi connectivity index (χ3n) is 13.4. The lowest BCUT2D eigenvalue weighted by atomic mass is 9.45. The third-order valence-corrected chi connectivity index (χ3v) is 13.4. The monoisotopic (exact) mass is 573 g/mol. The fraction of sp³-hybridized carbons (Fsp3) is 0.769. The molecule has 1 aromatic carbocycles. The molecule has 6 rings (SSSR count). The second-order valence-corrected chi connectivity index (χ2v) is 16.2. The van der Waals surface area contributed by atoms with Crippen molar-refractivity contribution >= 4 is 5.97 Å². The van der Waals surface area contributed by atoms with Crippen LogP contribution < -0.4 is 0 Å². The van der Waals surface area contributed by atoms with Crippen LogP contribution in [0.2, 0.25) is 0 Å². The summed E-state index contributed by atoms with van der Waals surface area (Å²) in [4.78, 5) is 15.9. The van der Waals surface area contributed by atoms with Crippen LogP contribution in [0, 0.1) is 46.3 Å². The van der Waals surface area contributed by atoms with E-state index in [2.05, 4.69) is 45.6 Å². The second kappa shape index (κ2) is 12.4. The van der Waals surface area contributed by atoms with Crippen LogP contribution in [-0.2, 0) is 4.74 Å². The molecule has 232 valence electrons. The molecule has 5 aliphatic rings. The highest BCUT2D eigenvalue weighted by Crippen LogP contribution is 2.68. The molecular weight excluding hydrogens is 514 g/mol. The molecule has 3 nitrogen and oxygen atoms in total. The van der Waals surface area contributed by atoms with Crippen molar-refractivity contribution in [3.63, 3.8) is 0 Å². The highest BCUT2D eigenvalue weighted by molar-refractivity contribution is 5.89. The molecule has 0 unspecified atom stereocenters. The smallest absolute Gasteiger partial charge is 0.338 e. The minimum absolute atomic E-state index is 0.00648. The number of hydrogen-bond acceptors (Lipinski definition) is 3. The molecule has 42 heavy (non-hydrogen) atoms. The lowest BCUT2D eigenvalue weighted by Crippen LogP contribution is -2.59. The summed E-state index contributed by atoms with van der Waals surface area (Å²) < 4.78 is 6.17. The minimum atomic E-state index is -0.154. The van der Waals surface area contributed by atoms with E-state index in [9.17, 15) is 4.79 Å². The SMILES string of the molecule is CC(C)CCC[C@H](C)[C@H]1CC[C@H]2[C@@H]3[C@H](N4CCCCC4)C=C4C[C@@H](OC(=O)c5ccccc5)CC[C@]4(C)[C@H]3CC[C@]12C. The normalized spacial score (nSPS) is 39.1. The standard InChI is InChI=1S/C39H59NO2/c1-27(2)13-12-14-28(3)32-17-18-33-36-34(20-22-39(32,33)5)38(4)21-19-31(42-37(41)29-15-8-6-9-16-29)25-30(38)26-35(36)40-23-10-7-11-24-40/h6,8-9,15-16,26-28,31-36H,7,10-14,17-25H2,1-5H3/t28-,31-,32+,33-,34-,35+,36-,38-,39+/m0/s1. The first kappa shape index (κ1) is 30.4. The predicted molar refractivity (Wildman–Crippen MR) is 173 cm³/mol. The first-order chi connectivity index (χ1) is 20.2. The molecule has 1 aliphatic heterocycles. The van der Waals surface area contributed by atoms with Crippen LogP contribution in [0.1, 0.15) is 128 Å². The number of piperidine rings is 1. The summed E-state index contributed by atoms with van der Waals surface area (Å²) in [6, 6.07) is 10.1. The molecule has 0 spiro atoms. The van der Waals surface area contributed by atoms with Crippen LogP contribution in [0.3, 0.4) is 0 Å². The number of benzene rings is 1. The van der Waals surface area contributed by atoms with Gasteiger partial charge in [0.05, 0.1) is 5.56 Å². The van der Waals surface area contributed by atoms with E-state index < -0.39 is 0 Å². The van der Waals surface area contributed by atoms with Crippen molar-refractivity contribution < 1.29 is 9.53 Å². The molecule has 3 heteroatoms. The van der Waals surface area contributed by atoms with E-state index in [0.717, 1.165) is 54.8 Å². The number of carbonyl (C=O) groups excluding carboxylic acids is 1. The predicted octanol–water partition coefficient (Wildman–Crippen LogP) is 9.72. The van der Waals surface area contributed by atoms with Gasteiger partial charge in [-0.1, -0.05) is 90.2 Å². The number of rotatable bonds is 8. The van der Waals surface area contributed by atoms with Gasteiger partial charge in [0.25, 0.3) is 0 Å². The molecule has 0 bridgehead atoms. The van der Waals surface area contributed by atoms with E-state index in [1.165, 1.54) is 77.3 Å². The maximum atomic E-state index is 13.0. The van der Waals surface area contributed by atoms with Crippen molar-refractivity contribution in [1.29, 1.82) is 0 Å². The van der Waals surface area contributed by atoms with Crippen molar-refractivity contribution in [1.82, 2.24) is 4.90 Å². The van der Waals surface area contributed by atoms with Crippen LogP contribution in [0.25, 0.3) is 0 Å². The molecule has 4 aliphatic carbocycles. The van der Waals surface area contributed by atoms with Gasteiger partial charge in [0.2, 0.25) is 0 Å². The van der Waals surface area contributed by atoms with Crippen LogP contribution >= 0.6 is 0 Å². The van der Waals surface area contributed by atoms with Gasteiger partial charge in [0.15, 0.2) is 0 Å². The zero-order valence-electron chi connectivity index (χ0n) is 27.5. The fourth-order valence-corrected chi connectivity index (χ4v) is 11.1. The van der Waals surface area contributed by atoms with E-state index in [1.807, 2.05) is 30.3 Å². The Labute approximate surface area is 257 Å². The number of likely N-dealkylation sites (tertiary alicyclic amines) is 1. The molecule has 3 saturated carbocycles. The first-order valence-electron chi connectivity index (χ1n) is 17.9. The maximum Gasteiger partial charge on any atom is 0.338 e. The Balaban J connectivity index is 1.25. The van der Waals surface area contributed by atoms with Crippen LogP contribution in [0.4, 0.5) is 0 Å². The minimum Gasteiger partial charge on any atom is -0.458 e. The summed E-state index contributed by atoms with van der Waals surface area (Å²) in [6.07, 6.45) is 19.9. The lowest BCUT2D eigenvalue weighted by Gasteiger charge is -2.62. The van der Waals surface area contributed by atoms with E-state index in [-0.39, 0.29) is 17.5 Å². The Hall–Kier alpha value is -1.61. The third kappa shape index (κ3) is 5.66. The summed E-state index contributed by atoms with van der Waals surface area (Å²) in [7, 11) is 0. The topological polar surface area (TPSA) is 29.5 Å². The average Bonchev–Trinajstić information content (AvgIpc) is 3.35. The van der Waals surface area contributed by atoms with Crippen molar-refractivity contribution in [2.45, 2.75) is 130 Å². The van der Waals surface area contributed by atoms with E-state index in [1.54, 1.807) is 5.57 Å². The van der Waals surface area contributed by atoms with Gasteiger partial charge >= 0.3 is 5.97 Å². The van der Waals surface area contributed by atoms with Gasteiger partial charge in [-0.25, -0.2) is 4.79 Å². The van der Waals surface area contributed by atoms with Crippen LogP contribution in [0.5, 0.6) is 0 Å². The number of nitrogens with zero attached hydrogens (tertiary/aromatic N) is 1. The highest BCUT2D eigenvalue weighted by atomic mass is 16.5. The molecule has 0 amide bonds. The summed E-state index contributed by atoms with van der Waals surface area (Å²) in [5.41, 5.74) is 3.05. The van der Waals surface area contributed by atoms with Gasteiger partial charge in [-0.15, -0.1) is 0 Å². The molecule has 4 fully saturated rings. The van der Waals surface area contributed by atoms with E-state index >= 15 is 0 Å². The largest absolute Gasteiger partial charge is 0.458 e. The summed E-state index contributed by atoms with van der Waals surface area (Å²) in [5.74, 6) is 4.82. The molecule has 9 atom stereocenters. The summed E-state index contributed by atoms with van der Waals surface area (Å²) in [6.45, 7) is 15.2. The highest BCUT2D eigenvalue weighted by Gasteiger charge is 2.62. The zero-order valence-corrected chi connectivity index (χ0v) is 27.5. The molecule has 0 radical (unpaired) electrons. The van der Waals surface area contributed by atoms with Crippen molar-refractivity contribution in [3.05, 3.63) is 47.5 Å². The first-order valence-corrected chi connectivity index (χ1v) is 17.9. The van der Waals surface area contributed by atoms with Crippen LogP contribution in [0.15, 0.2) is 42.0 Å². The fourth-order valence-electron chi connectivity index (χ4n) is 11.1. The van der Waals surface area contributed by atoms with Gasteiger partial charge in [-0.3, -0.25) is 4.90 Å². The Morgan fingerprint density at radius 1 is 0.929 bits per heavy atom. The number of fused-ring (bicyclic) bond motifs is 5. The van der Waals surface area contributed by atoms with Gasteiger partial charge in [-0.05, 0) is 123 Å². The maximum absolute atomic E-state index is 13.0. The molecule has 0 aromatic heterocycles. The van der Waals surface area contributed by atoms with E-state index in [0.29, 0.717) is 17.0 Å². The van der Waals surface area contributed by atoms with E-state index in [4.69, 9.17) is 4.74 Å². The Morgan fingerprint density at radius 3 is 2.43 bits per heavy atom. The molecule has 1 heterocycles. The number of carbonyl (C=O) groups is 1. The molecule has 0 N–H and O–H groups in total. The molecular formula is C39H59NO2. The van der Waals surface area contributed by atoms with Gasteiger partial charge < -0.3 is 4.74 Å². The van der Waals surface area contributed by atoms with Crippen molar-refractivity contribution in [2.24, 2.45) is 46.3 Å². The quantitative estimate of drug-likeness (QED) is 0.229. The second-order valence-electron chi connectivity index (χ2n) is 16.2. The van der Waals surface area contributed by atoms with Gasteiger partial charge in [0, 0.05) is 12.5 Å². The van der Waals surface area contributed by atoms with Crippen LogP contribution in [-0.4, -0.2) is 36.1 Å². The Bertz CT molecular complexity index is 1100. The van der Waals surface area contributed by atoms with Crippen molar-refractivity contribution in [3.8, 4) is 0 Å². The zero-order chi connectivity index (χ0) is 29.5. The number of ether oxygens (including phenoxy) is 1. The lowest BCUT2D eigenvalue weighted by molar-refractivity contribution is -0.0881.